The highest BCUT2D eigenvalue weighted by Gasteiger charge is 2.38. The Morgan fingerprint density at radius 3 is 2.08 bits per heavy atom. The zero-order valence-corrected chi connectivity index (χ0v) is 20.4. The van der Waals surface area contributed by atoms with Crippen molar-refractivity contribution in [1.29, 1.82) is 0 Å². The van der Waals surface area contributed by atoms with Gasteiger partial charge in [0.2, 0.25) is 5.91 Å². The number of aryl methyl sites for hydroxylation is 1. The standard InChI is InChI=1S/C24H24FN3O3.C2HF3O2/c1-17(29)18-4-9-22(10-5-18)27-12-14-28(15-13-27)23(30)11-6-20-16-26-31-24(20)19-2-7-21(25)8-3-19;3-2(4,5)1(6)7/h2-5,7-10,16H,6,11-15H2,1H3;(H,6,7). The molecule has 1 aliphatic heterocycles. The highest BCUT2D eigenvalue weighted by molar-refractivity contribution is 5.94. The number of alkyl halides is 3. The third kappa shape index (κ3) is 7.64. The van der Waals surface area contributed by atoms with E-state index >= 15 is 0 Å². The fraction of sp³-hybridized carbons (Fsp3) is 0.308. The van der Waals surface area contributed by atoms with Gasteiger partial charge in [-0.05, 0) is 61.9 Å². The molecule has 0 atom stereocenters. The lowest BCUT2D eigenvalue weighted by Gasteiger charge is -2.36. The molecule has 1 N–H and O–H groups in total. The van der Waals surface area contributed by atoms with E-state index < -0.39 is 12.1 Å². The molecule has 2 aromatic carbocycles. The van der Waals surface area contributed by atoms with E-state index in [1.165, 1.54) is 12.1 Å². The van der Waals surface area contributed by atoms with Gasteiger partial charge in [0, 0.05) is 55.0 Å². The minimum absolute atomic E-state index is 0.0531. The lowest BCUT2D eigenvalue weighted by Crippen LogP contribution is -2.48. The molecule has 0 unspecified atom stereocenters. The van der Waals surface area contributed by atoms with Crippen LogP contribution in [0.3, 0.4) is 0 Å². The molecule has 1 saturated heterocycles. The number of amides is 1. The van der Waals surface area contributed by atoms with Crippen LogP contribution in [0.4, 0.5) is 23.2 Å². The summed E-state index contributed by atoms with van der Waals surface area (Å²) in [6.45, 7) is 4.36. The largest absolute Gasteiger partial charge is 0.490 e. The SMILES string of the molecule is CC(=O)c1ccc(N2CCN(C(=O)CCc3cnoc3-c3ccc(F)cc3)CC2)cc1.O=C(O)C(F)(F)F. The summed E-state index contributed by atoms with van der Waals surface area (Å²) < 4.78 is 50.2. The number of carboxylic acids is 1. The normalized spacial score (nSPS) is 13.5. The van der Waals surface area contributed by atoms with Crippen LogP contribution in [0.2, 0.25) is 0 Å². The quantitative estimate of drug-likeness (QED) is 0.364. The molecule has 0 bridgehead atoms. The molecule has 3 aromatic rings. The number of carbonyl (C=O) groups is 3. The van der Waals surface area contributed by atoms with Gasteiger partial charge in [-0.25, -0.2) is 9.18 Å². The number of hydrogen-bond donors (Lipinski definition) is 1. The molecule has 202 valence electrons. The Balaban J connectivity index is 0.000000505. The van der Waals surface area contributed by atoms with E-state index in [1.54, 1.807) is 25.3 Å². The summed E-state index contributed by atoms with van der Waals surface area (Å²) in [4.78, 5) is 37.1. The van der Waals surface area contributed by atoms with Crippen LogP contribution in [0, 0.1) is 5.82 Å². The Hall–Kier alpha value is -4.22. The third-order valence-electron chi connectivity index (χ3n) is 5.87. The maximum Gasteiger partial charge on any atom is 0.490 e. The van der Waals surface area contributed by atoms with E-state index in [0.717, 1.165) is 29.9 Å². The van der Waals surface area contributed by atoms with Crippen molar-refractivity contribution in [2.75, 3.05) is 31.1 Å². The molecule has 8 nitrogen and oxygen atoms in total. The molecular weight excluding hydrogens is 510 g/mol. The van der Waals surface area contributed by atoms with Crippen molar-refractivity contribution >= 4 is 23.3 Å². The predicted molar refractivity (Wildman–Crippen MR) is 129 cm³/mol. The number of hydrogen-bond acceptors (Lipinski definition) is 6. The van der Waals surface area contributed by atoms with Crippen LogP contribution < -0.4 is 4.90 Å². The first-order valence-corrected chi connectivity index (χ1v) is 11.6. The fourth-order valence-corrected chi connectivity index (χ4v) is 3.80. The van der Waals surface area contributed by atoms with Crippen molar-refractivity contribution in [3.8, 4) is 11.3 Å². The van der Waals surface area contributed by atoms with Crippen LogP contribution in [-0.2, 0) is 16.0 Å². The van der Waals surface area contributed by atoms with Gasteiger partial charge in [-0.2, -0.15) is 13.2 Å². The second-order valence-corrected chi connectivity index (χ2v) is 8.46. The van der Waals surface area contributed by atoms with Crippen molar-refractivity contribution in [1.82, 2.24) is 10.1 Å². The number of carboxylic acid groups (broad SMARTS) is 1. The number of benzene rings is 2. The fourth-order valence-electron chi connectivity index (χ4n) is 3.80. The highest BCUT2D eigenvalue weighted by atomic mass is 19.4. The molecule has 1 aromatic heterocycles. The molecule has 38 heavy (non-hydrogen) atoms. The molecule has 1 aliphatic rings. The number of carbonyl (C=O) groups excluding carboxylic acids is 2. The molecular formula is C26H25F4N3O5. The summed E-state index contributed by atoms with van der Waals surface area (Å²) in [6, 6.07) is 13.6. The predicted octanol–water partition coefficient (Wildman–Crippen LogP) is 4.60. The number of piperazine rings is 1. The van der Waals surface area contributed by atoms with Crippen molar-refractivity contribution < 1.29 is 41.6 Å². The molecule has 1 fully saturated rings. The van der Waals surface area contributed by atoms with E-state index in [1.807, 2.05) is 29.2 Å². The van der Waals surface area contributed by atoms with E-state index in [-0.39, 0.29) is 17.5 Å². The van der Waals surface area contributed by atoms with Gasteiger partial charge in [0.15, 0.2) is 11.5 Å². The van der Waals surface area contributed by atoms with Crippen molar-refractivity contribution in [3.63, 3.8) is 0 Å². The minimum atomic E-state index is -5.08. The Bertz CT molecular complexity index is 1250. The number of anilines is 1. The topological polar surface area (TPSA) is 104 Å². The van der Waals surface area contributed by atoms with Gasteiger partial charge < -0.3 is 19.4 Å². The van der Waals surface area contributed by atoms with Gasteiger partial charge in [-0.1, -0.05) is 5.16 Å². The van der Waals surface area contributed by atoms with Gasteiger partial charge in [-0.15, -0.1) is 0 Å². The van der Waals surface area contributed by atoms with Crippen LogP contribution in [-0.4, -0.2) is 65.2 Å². The first kappa shape index (κ1) is 28.4. The van der Waals surface area contributed by atoms with Crippen LogP contribution in [0.5, 0.6) is 0 Å². The maximum absolute atomic E-state index is 13.2. The molecule has 0 aliphatic carbocycles. The lowest BCUT2D eigenvalue weighted by molar-refractivity contribution is -0.192. The van der Waals surface area contributed by atoms with E-state index in [9.17, 15) is 27.2 Å². The zero-order chi connectivity index (χ0) is 27.9. The highest BCUT2D eigenvalue weighted by Crippen LogP contribution is 2.25. The number of aromatic nitrogens is 1. The van der Waals surface area contributed by atoms with Gasteiger partial charge in [0.25, 0.3) is 0 Å². The second-order valence-electron chi connectivity index (χ2n) is 8.46. The summed E-state index contributed by atoms with van der Waals surface area (Å²) in [5, 5.41) is 11.0. The van der Waals surface area contributed by atoms with Crippen LogP contribution in [0.25, 0.3) is 11.3 Å². The Morgan fingerprint density at radius 2 is 1.55 bits per heavy atom. The summed E-state index contributed by atoms with van der Waals surface area (Å²) >= 11 is 0. The smallest absolute Gasteiger partial charge is 0.475 e. The summed E-state index contributed by atoms with van der Waals surface area (Å²) in [6.07, 6.45) is -2.58. The average molecular weight is 535 g/mol. The van der Waals surface area contributed by atoms with Gasteiger partial charge in [-0.3, -0.25) is 9.59 Å². The number of Topliss-reactive ketones (excluding diaryl/α,β-unsaturated/α-hetero) is 1. The Kier molecular flexibility index (Phi) is 9.21. The molecule has 0 radical (unpaired) electrons. The molecule has 0 spiro atoms. The first-order chi connectivity index (χ1) is 18.0. The third-order valence-corrected chi connectivity index (χ3v) is 5.87. The van der Waals surface area contributed by atoms with E-state index in [4.69, 9.17) is 14.4 Å². The first-order valence-electron chi connectivity index (χ1n) is 11.6. The van der Waals surface area contributed by atoms with Crippen LogP contribution in [0.1, 0.15) is 29.3 Å². The molecule has 12 heteroatoms. The number of ketones is 1. The Morgan fingerprint density at radius 1 is 0.974 bits per heavy atom. The molecule has 4 rings (SSSR count). The number of aliphatic carboxylic acids is 1. The molecule has 2 heterocycles. The van der Waals surface area contributed by atoms with Crippen LogP contribution >= 0.6 is 0 Å². The number of nitrogens with zero attached hydrogens (tertiary/aromatic N) is 3. The Labute approximate surface area is 215 Å². The zero-order valence-electron chi connectivity index (χ0n) is 20.4. The maximum atomic E-state index is 13.2. The summed E-state index contributed by atoms with van der Waals surface area (Å²) in [7, 11) is 0. The van der Waals surface area contributed by atoms with Crippen molar-refractivity contribution in [2.45, 2.75) is 25.9 Å². The molecule has 0 saturated carbocycles. The van der Waals surface area contributed by atoms with Gasteiger partial charge in [0.1, 0.15) is 5.82 Å². The second kappa shape index (κ2) is 12.3. The summed E-state index contributed by atoms with van der Waals surface area (Å²) in [5.74, 6) is -2.34. The number of halogens is 4. The summed E-state index contributed by atoms with van der Waals surface area (Å²) in [5.41, 5.74) is 3.34. The van der Waals surface area contributed by atoms with Gasteiger partial charge >= 0.3 is 12.1 Å². The number of rotatable bonds is 6. The monoisotopic (exact) mass is 535 g/mol. The molecule has 1 amide bonds. The average Bonchev–Trinajstić information content (AvgIpc) is 3.36. The van der Waals surface area contributed by atoms with E-state index in [0.29, 0.717) is 37.3 Å². The minimum Gasteiger partial charge on any atom is -0.475 e. The van der Waals surface area contributed by atoms with Crippen LogP contribution in [0.15, 0.2) is 59.3 Å². The van der Waals surface area contributed by atoms with Gasteiger partial charge in [0.05, 0.1) is 6.20 Å². The van der Waals surface area contributed by atoms with E-state index in [2.05, 4.69) is 10.1 Å². The van der Waals surface area contributed by atoms with Crippen molar-refractivity contribution in [2.24, 2.45) is 0 Å². The van der Waals surface area contributed by atoms with Crippen molar-refractivity contribution in [3.05, 3.63) is 71.7 Å². The lowest BCUT2D eigenvalue weighted by atomic mass is 10.0.